The van der Waals surface area contributed by atoms with Gasteiger partial charge in [-0.2, -0.15) is 0 Å². The van der Waals surface area contributed by atoms with Gasteiger partial charge in [0.2, 0.25) is 0 Å². The van der Waals surface area contributed by atoms with E-state index in [1.807, 2.05) is 13.0 Å². The highest BCUT2D eigenvalue weighted by atomic mass is 16.3. The number of anilines is 1. The fraction of sp³-hybridized carbons (Fsp3) is 0.111. The van der Waals surface area contributed by atoms with Crippen LogP contribution in [0.15, 0.2) is 31.0 Å². The number of benzene rings is 1. The van der Waals surface area contributed by atoms with Gasteiger partial charge in [-0.15, -0.1) is 0 Å². The third kappa shape index (κ3) is 1.74. The van der Waals surface area contributed by atoms with Crippen LogP contribution >= 0.6 is 0 Å². The summed E-state index contributed by atoms with van der Waals surface area (Å²) in [5.74, 6) is 0.319. The van der Waals surface area contributed by atoms with Gasteiger partial charge in [0.15, 0.2) is 0 Å². The maximum absolute atomic E-state index is 9.16. The minimum Gasteiger partial charge on any atom is -0.508 e. The van der Waals surface area contributed by atoms with Gasteiger partial charge in [-0.3, -0.25) is 0 Å². The third-order valence-corrected chi connectivity index (χ3v) is 1.47. The van der Waals surface area contributed by atoms with Crippen LogP contribution in [0.5, 0.6) is 5.75 Å². The largest absolute Gasteiger partial charge is 0.508 e. The molecular weight excluding hydrogens is 138 g/mol. The topological polar surface area (TPSA) is 32.3 Å². The maximum atomic E-state index is 9.16. The molecular formula is C9H11NO. The molecule has 0 fully saturated rings. The average Bonchev–Trinajstić information content (AvgIpc) is 1.98. The minimum absolute atomic E-state index is 0.319. The quantitative estimate of drug-likeness (QED) is 0.632. The van der Waals surface area contributed by atoms with Crippen LogP contribution < -0.4 is 5.32 Å². The molecule has 0 atom stereocenters. The van der Waals surface area contributed by atoms with Crippen molar-refractivity contribution < 1.29 is 5.11 Å². The lowest BCUT2D eigenvalue weighted by Gasteiger charge is -2.02. The van der Waals surface area contributed by atoms with Gasteiger partial charge in [0.05, 0.1) is 0 Å². The second-order valence-electron chi connectivity index (χ2n) is 2.35. The molecule has 0 unspecified atom stereocenters. The highest BCUT2D eigenvalue weighted by Gasteiger charge is 1.94. The van der Waals surface area contributed by atoms with E-state index in [4.69, 9.17) is 5.11 Å². The predicted octanol–water partition coefficient (Wildman–Crippen LogP) is 2.26. The van der Waals surface area contributed by atoms with Crippen LogP contribution in [0.3, 0.4) is 0 Å². The first-order valence-electron chi connectivity index (χ1n) is 3.41. The molecule has 2 heteroatoms. The molecule has 0 amide bonds. The van der Waals surface area contributed by atoms with Gasteiger partial charge in [-0.25, -0.2) is 0 Å². The van der Waals surface area contributed by atoms with Crippen LogP contribution in [0.2, 0.25) is 0 Å². The van der Waals surface area contributed by atoms with Crippen LogP contribution in [0.4, 0.5) is 5.69 Å². The van der Waals surface area contributed by atoms with Gasteiger partial charge >= 0.3 is 0 Å². The van der Waals surface area contributed by atoms with Gasteiger partial charge < -0.3 is 10.4 Å². The SMILES string of the molecule is C=CNc1ccc(O)c(C)c1. The van der Waals surface area contributed by atoms with Crippen LogP contribution in [0.25, 0.3) is 0 Å². The Labute approximate surface area is 66.2 Å². The van der Waals surface area contributed by atoms with E-state index in [2.05, 4.69) is 11.9 Å². The van der Waals surface area contributed by atoms with Gasteiger partial charge in [0, 0.05) is 5.69 Å². The van der Waals surface area contributed by atoms with Crippen molar-refractivity contribution in [3.05, 3.63) is 36.5 Å². The number of aryl methyl sites for hydroxylation is 1. The van der Waals surface area contributed by atoms with Crippen molar-refractivity contribution in [3.8, 4) is 5.75 Å². The summed E-state index contributed by atoms with van der Waals surface area (Å²) in [4.78, 5) is 0. The second kappa shape index (κ2) is 3.10. The summed E-state index contributed by atoms with van der Waals surface area (Å²) in [6, 6.07) is 5.31. The van der Waals surface area contributed by atoms with E-state index in [-0.39, 0.29) is 0 Å². The molecule has 2 nitrogen and oxygen atoms in total. The zero-order valence-electron chi connectivity index (χ0n) is 6.46. The summed E-state index contributed by atoms with van der Waals surface area (Å²) in [5.41, 5.74) is 1.80. The molecule has 0 aliphatic rings. The molecule has 0 radical (unpaired) electrons. The molecule has 0 saturated heterocycles. The molecule has 0 saturated carbocycles. The fourth-order valence-corrected chi connectivity index (χ4v) is 0.863. The van der Waals surface area contributed by atoms with Crippen molar-refractivity contribution >= 4 is 5.69 Å². The lowest BCUT2D eigenvalue weighted by atomic mass is 10.2. The fourth-order valence-electron chi connectivity index (χ4n) is 0.863. The number of phenols is 1. The summed E-state index contributed by atoms with van der Waals surface area (Å²) in [6.45, 7) is 5.39. The highest BCUT2D eigenvalue weighted by Crippen LogP contribution is 2.19. The van der Waals surface area contributed by atoms with E-state index >= 15 is 0 Å². The Balaban J connectivity index is 2.95. The number of hydrogen-bond acceptors (Lipinski definition) is 2. The van der Waals surface area contributed by atoms with E-state index in [1.54, 1.807) is 18.3 Å². The van der Waals surface area contributed by atoms with Gasteiger partial charge in [0.25, 0.3) is 0 Å². The number of phenolic OH excluding ortho intramolecular Hbond substituents is 1. The number of hydrogen-bond donors (Lipinski definition) is 2. The normalized spacial score (nSPS) is 9.18. The van der Waals surface area contributed by atoms with E-state index in [0.29, 0.717) is 5.75 Å². The molecule has 0 bridgehead atoms. The first-order chi connectivity index (χ1) is 5.24. The van der Waals surface area contributed by atoms with Crippen molar-refractivity contribution in [1.82, 2.24) is 0 Å². The molecule has 58 valence electrons. The summed E-state index contributed by atoms with van der Waals surface area (Å²) >= 11 is 0. The average molecular weight is 149 g/mol. The van der Waals surface area contributed by atoms with Crippen molar-refractivity contribution in [2.75, 3.05) is 5.32 Å². The van der Waals surface area contributed by atoms with Crippen molar-refractivity contribution in [2.45, 2.75) is 6.92 Å². The van der Waals surface area contributed by atoms with Crippen LogP contribution in [-0.2, 0) is 0 Å². The Bertz CT molecular complexity index is 268. The molecule has 0 spiro atoms. The lowest BCUT2D eigenvalue weighted by Crippen LogP contribution is -1.86. The monoisotopic (exact) mass is 149 g/mol. The van der Waals surface area contributed by atoms with Crippen molar-refractivity contribution in [2.24, 2.45) is 0 Å². The molecule has 11 heavy (non-hydrogen) atoms. The van der Waals surface area contributed by atoms with Crippen molar-refractivity contribution in [3.63, 3.8) is 0 Å². The lowest BCUT2D eigenvalue weighted by molar-refractivity contribution is 0.471. The van der Waals surface area contributed by atoms with Crippen molar-refractivity contribution in [1.29, 1.82) is 0 Å². The van der Waals surface area contributed by atoms with Gasteiger partial charge in [-0.1, -0.05) is 6.58 Å². The number of rotatable bonds is 2. The van der Waals surface area contributed by atoms with Crippen LogP contribution in [0, 0.1) is 6.92 Å². The summed E-state index contributed by atoms with van der Waals surface area (Å²) in [6.07, 6.45) is 1.60. The molecule has 1 aromatic carbocycles. The van der Waals surface area contributed by atoms with E-state index in [1.165, 1.54) is 0 Å². The Hall–Kier alpha value is -1.44. The van der Waals surface area contributed by atoms with Gasteiger partial charge in [0.1, 0.15) is 5.75 Å². The van der Waals surface area contributed by atoms with E-state index in [9.17, 15) is 0 Å². The second-order valence-corrected chi connectivity index (χ2v) is 2.35. The zero-order chi connectivity index (χ0) is 8.27. The van der Waals surface area contributed by atoms with E-state index < -0.39 is 0 Å². The van der Waals surface area contributed by atoms with E-state index in [0.717, 1.165) is 11.3 Å². The molecule has 0 heterocycles. The summed E-state index contributed by atoms with van der Waals surface area (Å²) in [7, 11) is 0. The molecule has 1 rings (SSSR count). The van der Waals surface area contributed by atoms with Crippen LogP contribution in [-0.4, -0.2) is 5.11 Å². The summed E-state index contributed by atoms with van der Waals surface area (Å²) < 4.78 is 0. The standard InChI is InChI=1S/C9H11NO/c1-3-10-8-4-5-9(11)7(2)6-8/h3-6,10-11H,1H2,2H3. The highest BCUT2D eigenvalue weighted by molar-refractivity contribution is 5.51. The first-order valence-corrected chi connectivity index (χ1v) is 3.41. The Kier molecular flexibility index (Phi) is 2.16. The third-order valence-electron chi connectivity index (χ3n) is 1.47. The van der Waals surface area contributed by atoms with Gasteiger partial charge in [-0.05, 0) is 36.9 Å². The Morgan fingerprint density at radius 1 is 1.55 bits per heavy atom. The van der Waals surface area contributed by atoms with Crippen LogP contribution in [0.1, 0.15) is 5.56 Å². The first kappa shape index (κ1) is 7.66. The summed E-state index contributed by atoms with van der Waals surface area (Å²) in [5, 5.41) is 12.1. The smallest absolute Gasteiger partial charge is 0.118 e. The maximum Gasteiger partial charge on any atom is 0.118 e. The Morgan fingerprint density at radius 2 is 2.27 bits per heavy atom. The minimum atomic E-state index is 0.319. The molecule has 0 aliphatic carbocycles. The molecule has 0 aromatic heterocycles. The Morgan fingerprint density at radius 3 is 2.82 bits per heavy atom. The molecule has 0 aliphatic heterocycles. The number of nitrogens with one attached hydrogen (secondary N) is 1. The molecule has 1 aromatic rings. The predicted molar refractivity (Wildman–Crippen MR) is 46.7 cm³/mol. The molecule has 2 N–H and O–H groups in total. The zero-order valence-corrected chi connectivity index (χ0v) is 6.46. The number of aromatic hydroxyl groups is 1.